The highest BCUT2D eigenvalue weighted by Crippen LogP contribution is 2.17. The van der Waals surface area contributed by atoms with Crippen LogP contribution < -0.4 is 5.73 Å². The molecule has 0 aliphatic heterocycles. The van der Waals surface area contributed by atoms with Crippen molar-refractivity contribution in [3.63, 3.8) is 0 Å². The number of aliphatic carboxylic acids is 1. The fraction of sp³-hybridized carbons (Fsp3) is 0.300. The van der Waals surface area contributed by atoms with Crippen LogP contribution in [0.1, 0.15) is 5.56 Å². The lowest BCUT2D eigenvalue weighted by Gasteiger charge is -2.06. The van der Waals surface area contributed by atoms with Gasteiger partial charge >= 0.3 is 5.97 Å². The second-order valence-corrected chi connectivity index (χ2v) is 4.23. The number of hydrogen-bond acceptors (Lipinski definition) is 3. The number of carboxylic acids is 1. The van der Waals surface area contributed by atoms with Crippen molar-refractivity contribution in [3.8, 4) is 0 Å². The van der Waals surface area contributed by atoms with Gasteiger partial charge in [-0.15, -0.1) is 0 Å². The third-order valence-corrected chi connectivity index (χ3v) is 2.99. The van der Waals surface area contributed by atoms with Crippen molar-refractivity contribution in [2.24, 2.45) is 5.73 Å². The predicted octanol–water partition coefficient (Wildman–Crippen LogP) is 1.61. The molecular weight excluding hydrogens is 236 g/mol. The molecule has 0 bridgehead atoms. The van der Waals surface area contributed by atoms with E-state index in [1.54, 1.807) is 0 Å². The Hall–Kier alpha value is -1.14. The van der Waals surface area contributed by atoms with E-state index < -0.39 is 23.6 Å². The normalized spacial score (nSPS) is 12.4. The van der Waals surface area contributed by atoms with Crippen LogP contribution in [0.15, 0.2) is 18.2 Å². The first-order valence-corrected chi connectivity index (χ1v) is 5.66. The van der Waals surface area contributed by atoms with Crippen LogP contribution in [0.2, 0.25) is 0 Å². The van der Waals surface area contributed by atoms with E-state index in [1.807, 2.05) is 0 Å². The molecule has 0 aromatic heterocycles. The minimum Gasteiger partial charge on any atom is -0.480 e. The van der Waals surface area contributed by atoms with E-state index in [4.69, 9.17) is 10.8 Å². The molecule has 1 aromatic rings. The first-order valence-electron chi connectivity index (χ1n) is 4.50. The van der Waals surface area contributed by atoms with Crippen LogP contribution in [-0.4, -0.2) is 22.9 Å². The summed E-state index contributed by atoms with van der Waals surface area (Å²) in [6.07, 6.45) is 0. The second-order valence-electron chi connectivity index (χ2n) is 3.20. The Kier molecular flexibility index (Phi) is 4.70. The minimum absolute atomic E-state index is 0.158. The quantitative estimate of drug-likeness (QED) is 0.829. The third-order valence-electron chi connectivity index (χ3n) is 1.88. The van der Waals surface area contributed by atoms with Gasteiger partial charge in [-0.2, -0.15) is 11.8 Å². The highest BCUT2D eigenvalue weighted by atomic mass is 32.2. The number of benzene rings is 1. The van der Waals surface area contributed by atoms with Gasteiger partial charge in [0.25, 0.3) is 0 Å². The summed E-state index contributed by atoms with van der Waals surface area (Å²) in [5.41, 5.74) is 5.47. The van der Waals surface area contributed by atoms with E-state index >= 15 is 0 Å². The first-order chi connectivity index (χ1) is 7.50. The molecule has 0 radical (unpaired) electrons. The van der Waals surface area contributed by atoms with E-state index in [1.165, 1.54) is 0 Å². The standard InChI is InChI=1S/C10H11F2NO2S/c11-7-1-2-8(12)6(3-7)4-16-5-9(13)10(14)15/h1-3,9H,4-5,13H2,(H,14,15). The third kappa shape index (κ3) is 3.79. The van der Waals surface area contributed by atoms with Gasteiger partial charge in [-0.3, -0.25) is 4.79 Å². The monoisotopic (exact) mass is 247 g/mol. The molecule has 6 heteroatoms. The van der Waals surface area contributed by atoms with Crippen LogP contribution in [0.25, 0.3) is 0 Å². The Balaban J connectivity index is 2.48. The second kappa shape index (κ2) is 5.81. The van der Waals surface area contributed by atoms with Crippen LogP contribution in [0.3, 0.4) is 0 Å². The number of rotatable bonds is 5. The molecule has 88 valence electrons. The van der Waals surface area contributed by atoms with Gasteiger partial charge < -0.3 is 10.8 Å². The summed E-state index contributed by atoms with van der Waals surface area (Å²) >= 11 is 1.15. The summed E-state index contributed by atoms with van der Waals surface area (Å²) in [7, 11) is 0. The van der Waals surface area contributed by atoms with E-state index in [9.17, 15) is 13.6 Å². The van der Waals surface area contributed by atoms with Gasteiger partial charge in [0, 0.05) is 17.1 Å². The Morgan fingerprint density at radius 3 is 2.81 bits per heavy atom. The first kappa shape index (κ1) is 12.9. The smallest absolute Gasteiger partial charge is 0.321 e. The zero-order valence-corrected chi connectivity index (χ0v) is 9.14. The molecule has 1 unspecified atom stereocenters. The van der Waals surface area contributed by atoms with Gasteiger partial charge in [-0.25, -0.2) is 8.78 Å². The van der Waals surface area contributed by atoms with E-state index in [0.717, 1.165) is 30.0 Å². The molecule has 1 aromatic carbocycles. The highest BCUT2D eigenvalue weighted by molar-refractivity contribution is 7.98. The maximum Gasteiger partial charge on any atom is 0.321 e. The van der Waals surface area contributed by atoms with Crippen molar-refractivity contribution >= 4 is 17.7 Å². The highest BCUT2D eigenvalue weighted by Gasteiger charge is 2.11. The van der Waals surface area contributed by atoms with Gasteiger partial charge in [0.15, 0.2) is 0 Å². The summed E-state index contributed by atoms with van der Waals surface area (Å²) in [6, 6.07) is 2.19. The van der Waals surface area contributed by atoms with Gasteiger partial charge in [-0.05, 0) is 18.2 Å². The molecule has 1 rings (SSSR count). The molecule has 3 nitrogen and oxygen atoms in total. The Morgan fingerprint density at radius 1 is 1.50 bits per heavy atom. The summed E-state index contributed by atoms with van der Waals surface area (Å²) < 4.78 is 25.9. The molecule has 0 saturated heterocycles. The number of carbonyl (C=O) groups is 1. The summed E-state index contributed by atoms with van der Waals surface area (Å²) in [5, 5.41) is 8.51. The number of carboxylic acid groups (broad SMARTS) is 1. The van der Waals surface area contributed by atoms with Gasteiger partial charge in [0.05, 0.1) is 0 Å². The molecular formula is C10H11F2NO2S. The van der Waals surface area contributed by atoms with Crippen molar-refractivity contribution < 1.29 is 18.7 Å². The minimum atomic E-state index is -1.10. The fourth-order valence-corrected chi connectivity index (χ4v) is 1.98. The van der Waals surface area contributed by atoms with Crippen molar-refractivity contribution in [1.29, 1.82) is 0 Å². The predicted molar refractivity (Wildman–Crippen MR) is 58.1 cm³/mol. The van der Waals surface area contributed by atoms with E-state index in [2.05, 4.69) is 0 Å². The van der Waals surface area contributed by atoms with Crippen LogP contribution in [0, 0.1) is 11.6 Å². The largest absolute Gasteiger partial charge is 0.480 e. The Bertz CT molecular complexity index is 387. The molecule has 0 heterocycles. The molecule has 1 atom stereocenters. The molecule has 0 saturated carbocycles. The fourth-order valence-electron chi connectivity index (χ4n) is 1.02. The lowest BCUT2D eigenvalue weighted by molar-refractivity contribution is -0.137. The zero-order valence-electron chi connectivity index (χ0n) is 8.32. The average Bonchev–Trinajstić information content (AvgIpc) is 2.22. The maximum atomic E-state index is 13.1. The number of thioether (sulfide) groups is 1. The molecule has 0 aliphatic rings. The molecule has 0 aliphatic carbocycles. The molecule has 16 heavy (non-hydrogen) atoms. The lowest BCUT2D eigenvalue weighted by atomic mass is 10.2. The van der Waals surface area contributed by atoms with Crippen LogP contribution >= 0.6 is 11.8 Å². The molecule has 3 N–H and O–H groups in total. The summed E-state index contributed by atoms with van der Waals surface area (Å²) in [4.78, 5) is 10.4. The SMILES string of the molecule is NC(CSCc1cc(F)ccc1F)C(=O)O. The van der Waals surface area contributed by atoms with Crippen LogP contribution in [-0.2, 0) is 10.5 Å². The topological polar surface area (TPSA) is 63.3 Å². The molecule has 0 spiro atoms. The van der Waals surface area contributed by atoms with Gasteiger partial charge in [0.2, 0.25) is 0 Å². The molecule has 0 fully saturated rings. The van der Waals surface area contributed by atoms with Gasteiger partial charge in [0.1, 0.15) is 17.7 Å². The summed E-state index contributed by atoms with van der Waals surface area (Å²) in [6.45, 7) is 0. The van der Waals surface area contributed by atoms with E-state index in [-0.39, 0.29) is 17.1 Å². The maximum absolute atomic E-state index is 13.1. The van der Waals surface area contributed by atoms with Crippen molar-refractivity contribution in [1.82, 2.24) is 0 Å². The lowest BCUT2D eigenvalue weighted by Crippen LogP contribution is -2.32. The Labute approximate surface area is 95.6 Å². The summed E-state index contributed by atoms with van der Waals surface area (Å²) in [5.74, 6) is -1.76. The van der Waals surface area contributed by atoms with Crippen molar-refractivity contribution in [2.75, 3.05) is 5.75 Å². The van der Waals surface area contributed by atoms with E-state index in [0.29, 0.717) is 0 Å². The molecule has 0 amide bonds. The number of nitrogens with two attached hydrogens (primary N) is 1. The zero-order chi connectivity index (χ0) is 12.1. The van der Waals surface area contributed by atoms with Gasteiger partial charge in [-0.1, -0.05) is 0 Å². The number of hydrogen-bond donors (Lipinski definition) is 2. The number of halogens is 2. The average molecular weight is 247 g/mol. The van der Waals surface area contributed by atoms with Crippen LogP contribution in [0.5, 0.6) is 0 Å². The van der Waals surface area contributed by atoms with Crippen molar-refractivity contribution in [3.05, 3.63) is 35.4 Å². The van der Waals surface area contributed by atoms with Crippen molar-refractivity contribution in [2.45, 2.75) is 11.8 Å². The Morgan fingerprint density at radius 2 is 2.19 bits per heavy atom. The van der Waals surface area contributed by atoms with Crippen LogP contribution in [0.4, 0.5) is 8.78 Å².